The summed E-state index contributed by atoms with van der Waals surface area (Å²) in [5.74, 6) is -2.42. The molecule has 0 radical (unpaired) electrons. The molecule has 0 spiro atoms. The van der Waals surface area contributed by atoms with Crippen LogP contribution in [0.1, 0.15) is 5.56 Å². The third-order valence-electron chi connectivity index (χ3n) is 3.48. The smallest absolute Gasteiger partial charge is 0.335 e. The van der Waals surface area contributed by atoms with Crippen LogP contribution in [0.25, 0.3) is 6.08 Å². The van der Waals surface area contributed by atoms with Gasteiger partial charge in [-0.2, -0.15) is 0 Å². The summed E-state index contributed by atoms with van der Waals surface area (Å²) in [7, 11) is 0. The highest BCUT2D eigenvalue weighted by molar-refractivity contribution is 9.10. The summed E-state index contributed by atoms with van der Waals surface area (Å²) in [6.45, 7) is 0. The van der Waals surface area contributed by atoms with Crippen LogP contribution in [-0.2, 0) is 9.59 Å². The minimum atomic E-state index is -0.933. The van der Waals surface area contributed by atoms with Crippen molar-refractivity contribution in [2.75, 3.05) is 4.90 Å². The number of nitrogens with zero attached hydrogens (tertiary/aromatic N) is 1. The van der Waals surface area contributed by atoms with Crippen molar-refractivity contribution in [2.45, 2.75) is 0 Å². The average molecular weight is 405 g/mol. The zero-order chi connectivity index (χ0) is 18.1. The molecule has 0 unspecified atom stereocenters. The molecule has 0 bridgehead atoms. The van der Waals surface area contributed by atoms with Crippen LogP contribution in [0.15, 0.2) is 52.5 Å². The van der Waals surface area contributed by atoms with Crippen molar-refractivity contribution in [1.82, 2.24) is 5.32 Å². The quantitative estimate of drug-likeness (QED) is 0.594. The first-order valence-corrected chi connectivity index (χ1v) is 7.81. The molecule has 3 rings (SSSR count). The predicted molar refractivity (Wildman–Crippen MR) is 91.2 cm³/mol. The van der Waals surface area contributed by atoms with Gasteiger partial charge in [-0.05, 0) is 48.5 Å². The highest BCUT2D eigenvalue weighted by atomic mass is 79.9. The van der Waals surface area contributed by atoms with E-state index in [0.29, 0.717) is 4.47 Å². The average Bonchev–Trinajstić information content (AvgIpc) is 2.56. The number of urea groups is 1. The lowest BCUT2D eigenvalue weighted by molar-refractivity contribution is -0.122. The number of hydrogen-bond acceptors (Lipinski definition) is 4. The molecular weight excluding hydrogens is 395 g/mol. The lowest BCUT2D eigenvalue weighted by Crippen LogP contribution is -2.54. The van der Waals surface area contributed by atoms with E-state index < -0.39 is 23.7 Å². The van der Waals surface area contributed by atoms with Crippen LogP contribution < -0.4 is 10.2 Å². The molecule has 25 heavy (non-hydrogen) atoms. The fourth-order valence-electron chi connectivity index (χ4n) is 2.28. The fourth-order valence-corrected chi connectivity index (χ4v) is 2.66. The molecule has 1 aliphatic heterocycles. The van der Waals surface area contributed by atoms with Crippen LogP contribution >= 0.6 is 15.9 Å². The molecule has 8 heteroatoms. The van der Waals surface area contributed by atoms with Crippen LogP contribution in [0.4, 0.5) is 14.9 Å². The number of rotatable bonds is 2. The van der Waals surface area contributed by atoms with Gasteiger partial charge in [-0.3, -0.25) is 14.9 Å². The number of benzene rings is 2. The van der Waals surface area contributed by atoms with E-state index >= 15 is 0 Å². The Morgan fingerprint density at radius 2 is 1.76 bits per heavy atom. The van der Waals surface area contributed by atoms with E-state index in [1.54, 1.807) is 6.07 Å². The van der Waals surface area contributed by atoms with Gasteiger partial charge in [-0.25, -0.2) is 14.1 Å². The van der Waals surface area contributed by atoms with E-state index in [0.717, 1.165) is 17.0 Å². The molecule has 2 N–H and O–H groups in total. The van der Waals surface area contributed by atoms with Gasteiger partial charge in [0, 0.05) is 10.0 Å². The van der Waals surface area contributed by atoms with Gasteiger partial charge < -0.3 is 5.11 Å². The number of barbiturate groups is 1. The normalized spacial score (nSPS) is 16.3. The van der Waals surface area contributed by atoms with Gasteiger partial charge in [0.25, 0.3) is 11.8 Å². The molecule has 4 amide bonds. The molecule has 1 fully saturated rings. The van der Waals surface area contributed by atoms with Crippen molar-refractivity contribution < 1.29 is 23.9 Å². The molecule has 2 aromatic rings. The number of imide groups is 2. The number of halogens is 2. The lowest BCUT2D eigenvalue weighted by Gasteiger charge is -2.26. The molecule has 1 aliphatic rings. The Morgan fingerprint density at radius 1 is 1.08 bits per heavy atom. The summed E-state index contributed by atoms with van der Waals surface area (Å²) in [5.41, 5.74) is -0.000584. The highest BCUT2D eigenvalue weighted by Gasteiger charge is 2.36. The van der Waals surface area contributed by atoms with Gasteiger partial charge >= 0.3 is 6.03 Å². The predicted octanol–water partition coefficient (Wildman–Crippen LogP) is 2.96. The number of carbonyl (C=O) groups is 3. The Morgan fingerprint density at radius 3 is 2.44 bits per heavy atom. The molecule has 6 nitrogen and oxygen atoms in total. The summed E-state index contributed by atoms with van der Waals surface area (Å²) in [6, 6.07) is 8.25. The Balaban J connectivity index is 2.05. The van der Waals surface area contributed by atoms with Gasteiger partial charge in [0.1, 0.15) is 17.1 Å². The van der Waals surface area contributed by atoms with E-state index in [9.17, 15) is 23.9 Å². The maximum atomic E-state index is 13.1. The van der Waals surface area contributed by atoms with Gasteiger partial charge in [-0.1, -0.05) is 15.9 Å². The van der Waals surface area contributed by atoms with E-state index in [2.05, 4.69) is 15.9 Å². The van der Waals surface area contributed by atoms with Gasteiger partial charge in [-0.15, -0.1) is 0 Å². The zero-order valence-corrected chi connectivity index (χ0v) is 14.1. The van der Waals surface area contributed by atoms with Crippen molar-refractivity contribution in [1.29, 1.82) is 0 Å². The van der Waals surface area contributed by atoms with Crippen molar-refractivity contribution >= 4 is 45.5 Å². The van der Waals surface area contributed by atoms with Crippen molar-refractivity contribution in [3.05, 3.63) is 63.9 Å². The van der Waals surface area contributed by atoms with Crippen LogP contribution in [0.5, 0.6) is 5.75 Å². The SMILES string of the molecule is O=C1NC(=O)N(c2ccc(F)cc2)C(=O)/C1=C/c1cc(Br)ccc1O. The first kappa shape index (κ1) is 16.8. The van der Waals surface area contributed by atoms with Crippen molar-refractivity contribution in [3.8, 4) is 5.75 Å². The summed E-state index contributed by atoms with van der Waals surface area (Å²) < 4.78 is 13.7. The molecule has 2 aromatic carbocycles. The number of aromatic hydroxyl groups is 1. The van der Waals surface area contributed by atoms with Crippen molar-refractivity contribution in [3.63, 3.8) is 0 Å². The molecule has 0 atom stereocenters. The van der Waals surface area contributed by atoms with E-state index in [1.165, 1.54) is 30.3 Å². The number of carbonyl (C=O) groups excluding carboxylic acids is 3. The number of anilines is 1. The zero-order valence-electron chi connectivity index (χ0n) is 12.5. The van der Waals surface area contributed by atoms with Gasteiger partial charge in [0.05, 0.1) is 5.69 Å². The Labute approximate surface area is 149 Å². The van der Waals surface area contributed by atoms with E-state index in [4.69, 9.17) is 0 Å². The van der Waals surface area contributed by atoms with Crippen LogP contribution in [0.3, 0.4) is 0 Å². The van der Waals surface area contributed by atoms with Crippen LogP contribution in [0, 0.1) is 5.82 Å². The molecule has 1 heterocycles. The minimum absolute atomic E-state index is 0.112. The largest absolute Gasteiger partial charge is 0.507 e. The molecule has 0 aliphatic carbocycles. The standard InChI is InChI=1S/C17H10BrFN2O4/c18-10-1-6-14(22)9(7-10)8-13-15(23)20-17(25)21(16(13)24)12-4-2-11(19)3-5-12/h1-8,22H,(H,20,23,25)/b13-8+. The molecular formula is C17H10BrFN2O4. The molecule has 126 valence electrons. The van der Waals surface area contributed by atoms with E-state index in [1.807, 2.05) is 5.32 Å². The summed E-state index contributed by atoms with van der Waals surface area (Å²) in [6.07, 6.45) is 1.18. The Hall–Kier alpha value is -3.00. The number of hydrogen-bond donors (Lipinski definition) is 2. The van der Waals surface area contributed by atoms with Gasteiger partial charge in [0.15, 0.2) is 0 Å². The summed E-state index contributed by atoms with van der Waals surface area (Å²) >= 11 is 3.23. The maximum absolute atomic E-state index is 13.1. The Bertz CT molecular complexity index is 925. The Kier molecular flexibility index (Phi) is 4.37. The fraction of sp³-hybridized carbons (Fsp3) is 0. The highest BCUT2D eigenvalue weighted by Crippen LogP contribution is 2.27. The lowest BCUT2D eigenvalue weighted by atomic mass is 10.1. The van der Waals surface area contributed by atoms with Gasteiger partial charge in [0.2, 0.25) is 0 Å². The monoisotopic (exact) mass is 404 g/mol. The second-order valence-electron chi connectivity index (χ2n) is 5.14. The van der Waals surface area contributed by atoms with Crippen molar-refractivity contribution in [2.24, 2.45) is 0 Å². The maximum Gasteiger partial charge on any atom is 0.335 e. The molecule has 0 aromatic heterocycles. The van der Waals surface area contributed by atoms with Crippen LogP contribution in [-0.4, -0.2) is 23.0 Å². The number of nitrogens with one attached hydrogen (secondary N) is 1. The first-order chi connectivity index (χ1) is 11.9. The molecule has 1 saturated heterocycles. The number of phenolic OH excluding ortho intramolecular Hbond substituents is 1. The number of phenols is 1. The second-order valence-corrected chi connectivity index (χ2v) is 6.05. The summed E-state index contributed by atoms with van der Waals surface area (Å²) in [4.78, 5) is 37.4. The second kappa shape index (κ2) is 6.48. The minimum Gasteiger partial charge on any atom is -0.507 e. The number of amides is 4. The topological polar surface area (TPSA) is 86.7 Å². The summed E-state index contributed by atoms with van der Waals surface area (Å²) in [5, 5.41) is 11.9. The molecule has 0 saturated carbocycles. The third kappa shape index (κ3) is 3.29. The third-order valence-corrected chi connectivity index (χ3v) is 3.97. The van der Waals surface area contributed by atoms with E-state index in [-0.39, 0.29) is 22.6 Å². The first-order valence-electron chi connectivity index (χ1n) is 7.02. The van der Waals surface area contributed by atoms with Crippen LogP contribution in [0.2, 0.25) is 0 Å².